The molecule has 228 valence electrons. The van der Waals surface area contributed by atoms with Gasteiger partial charge in [0.2, 0.25) is 0 Å². The van der Waals surface area contributed by atoms with Gasteiger partial charge in [-0.05, 0) is 59.7 Å². The number of hydrogen-bond donors (Lipinski definition) is 1. The van der Waals surface area contributed by atoms with E-state index in [-0.39, 0.29) is 4.90 Å². The Kier molecular flexibility index (Phi) is 18.6. The van der Waals surface area contributed by atoms with E-state index in [1.165, 1.54) is 140 Å². The highest BCUT2D eigenvalue weighted by Gasteiger charge is 2.14. The van der Waals surface area contributed by atoms with E-state index in [9.17, 15) is 13.0 Å². The molecule has 0 heterocycles. The van der Waals surface area contributed by atoms with Gasteiger partial charge in [-0.2, -0.15) is 8.42 Å². The first-order chi connectivity index (χ1) is 19.5. The van der Waals surface area contributed by atoms with Crippen LogP contribution in [0.25, 0.3) is 10.8 Å². The van der Waals surface area contributed by atoms with E-state index in [2.05, 4.69) is 26.0 Å². The van der Waals surface area contributed by atoms with E-state index < -0.39 is 10.1 Å². The van der Waals surface area contributed by atoms with Gasteiger partial charge in [-0.25, -0.2) is 0 Å². The van der Waals surface area contributed by atoms with Crippen molar-refractivity contribution in [2.45, 2.75) is 173 Å². The van der Waals surface area contributed by atoms with Gasteiger partial charge in [0.05, 0.1) is 4.90 Å². The lowest BCUT2D eigenvalue weighted by Crippen LogP contribution is -2.01. The molecule has 0 bridgehead atoms. The molecule has 0 fully saturated rings. The van der Waals surface area contributed by atoms with E-state index in [1.807, 2.05) is 6.07 Å². The Balaban J connectivity index is 1.79. The van der Waals surface area contributed by atoms with Crippen molar-refractivity contribution in [2.24, 2.45) is 0 Å². The molecule has 0 radical (unpaired) electrons. The predicted octanol–water partition coefficient (Wildman–Crippen LogP) is 11.8. The van der Waals surface area contributed by atoms with Crippen LogP contribution in [0.2, 0.25) is 0 Å². The lowest BCUT2D eigenvalue weighted by Gasteiger charge is -2.12. The Morgan fingerprint density at radius 3 is 1.40 bits per heavy atom. The summed E-state index contributed by atoms with van der Waals surface area (Å²) in [6, 6.07) is 9.79. The molecule has 0 aromatic heterocycles. The molecule has 0 spiro atoms. The van der Waals surface area contributed by atoms with Crippen LogP contribution >= 0.6 is 0 Å². The van der Waals surface area contributed by atoms with Crippen LogP contribution in [0, 0.1) is 0 Å². The maximum absolute atomic E-state index is 11.9. The van der Waals surface area contributed by atoms with Crippen molar-refractivity contribution in [3.8, 4) is 0 Å². The van der Waals surface area contributed by atoms with Crippen LogP contribution in [0.1, 0.15) is 166 Å². The summed E-state index contributed by atoms with van der Waals surface area (Å²) >= 11 is 0. The highest BCUT2D eigenvalue weighted by atomic mass is 32.2. The first kappa shape index (κ1) is 34.8. The molecule has 0 aliphatic carbocycles. The fourth-order valence-electron chi connectivity index (χ4n) is 5.94. The molecule has 3 nitrogen and oxygen atoms in total. The molecule has 0 amide bonds. The first-order valence-corrected chi connectivity index (χ1v) is 18.4. The van der Waals surface area contributed by atoms with Crippen LogP contribution in [0.3, 0.4) is 0 Å². The predicted molar refractivity (Wildman–Crippen MR) is 174 cm³/mol. The Bertz CT molecular complexity index is 1030. The summed E-state index contributed by atoms with van der Waals surface area (Å²) in [4.78, 5) is 0.0242. The van der Waals surface area contributed by atoms with Gasteiger partial charge in [0.15, 0.2) is 0 Å². The average molecular weight is 573 g/mol. The van der Waals surface area contributed by atoms with Crippen molar-refractivity contribution in [3.63, 3.8) is 0 Å². The van der Waals surface area contributed by atoms with Crippen LogP contribution in [0.4, 0.5) is 0 Å². The lowest BCUT2D eigenvalue weighted by atomic mass is 9.95. The minimum absolute atomic E-state index is 0.0242. The van der Waals surface area contributed by atoms with Gasteiger partial charge in [0, 0.05) is 0 Å². The zero-order valence-electron chi connectivity index (χ0n) is 26.0. The Morgan fingerprint density at radius 1 is 0.525 bits per heavy atom. The van der Waals surface area contributed by atoms with Crippen molar-refractivity contribution < 1.29 is 13.0 Å². The second-order valence-electron chi connectivity index (χ2n) is 12.2. The molecule has 1 N–H and O–H groups in total. The SMILES string of the molecule is CCCCCCCCCCCCCc1ccc2cc(S(=O)(=O)O)cc(CCCCCCCCCCCCC)c2c1. The molecule has 2 aromatic carbocycles. The van der Waals surface area contributed by atoms with Gasteiger partial charge in [-0.15, -0.1) is 0 Å². The van der Waals surface area contributed by atoms with Crippen LogP contribution in [0.5, 0.6) is 0 Å². The fraction of sp³-hybridized carbons (Fsp3) is 0.722. The minimum atomic E-state index is -4.21. The first-order valence-electron chi connectivity index (χ1n) is 17.0. The van der Waals surface area contributed by atoms with Gasteiger partial charge < -0.3 is 0 Å². The number of hydrogen-bond acceptors (Lipinski definition) is 2. The van der Waals surface area contributed by atoms with Gasteiger partial charge in [0.1, 0.15) is 0 Å². The molecule has 2 aromatic rings. The summed E-state index contributed by atoms with van der Waals surface area (Å²) in [5, 5.41) is 2.07. The summed E-state index contributed by atoms with van der Waals surface area (Å²) in [7, 11) is -4.21. The van der Waals surface area contributed by atoms with E-state index >= 15 is 0 Å². The third kappa shape index (κ3) is 15.0. The Hall–Kier alpha value is -1.39. The van der Waals surface area contributed by atoms with Crippen molar-refractivity contribution >= 4 is 20.9 Å². The van der Waals surface area contributed by atoms with Crippen molar-refractivity contribution in [2.75, 3.05) is 0 Å². The van der Waals surface area contributed by atoms with Crippen molar-refractivity contribution in [1.82, 2.24) is 0 Å². The summed E-state index contributed by atoms with van der Waals surface area (Å²) in [6.07, 6.45) is 31.1. The molecule has 0 aliphatic rings. The highest BCUT2D eigenvalue weighted by molar-refractivity contribution is 7.85. The molecule has 0 saturated carbocycles. The Labute approximate surface area is 247 Å². The zero-order valence-corrected chi connectivity index (χ0v) is 26.8. The molecule has 0 saturated heterocycles. The van der Waals surface area contributed by atoms with Crippen LogP contribution < -0.4 is 0 Å². The van der Waals surface area contributed by atoms with E-state index in [0.29, 0.717) is 0 Å². The largest absolute Gasteiger partial charge is 0.294 e. The van der Waals surface area contributed by atoms with Gasteiger partial charge in [0.25, 0.3) is 10.1 Å². The van der Waals surface area contributed by atoms with Crippen molar-refractivity contribution in [3.05, 3.63) is 41.5 Å². The van der Waals surface area contributed by atoms with E-state index in [1.54, 1.807) is 12.1 Å². The van der Waals surface area contributed by atoms with E-state index in [0.717, 1.165) is 35.6 Å². The quantitative estimate of drug-likeness (QED) is 0.0950. The second-order valence-corrected chi connectivity index (χ2v) is 13.6. The topological polar surface area (TPSA) is 54.4 Å². The molecule has 4 heteroatoms. The number of aryl methyl sites for hydroxylation is 2. The van der Waals surface area contributed by atoms with Gasteiger partial charge in [-0.1, -0.05) is 160 Å². The summed E-state index contributed by atoms with van der Waals surface area (Å²) in [6.45, 7) is 4.54. The number of benzene rings is 2. The highest BCUT2D eigenvalue weighted by Crippen LogP contribution is 2.27. The molecular weight excluding hydrogens is 512 g/mol. The lowest BCUT2D eigenvalue weighted by molar-refractivity contribution is 0.483. The van der Waals surface area contributed by atoms with Crippen LogP contribution in [-0.4, -0.2) is 13.0 Å². The summed E-state index contributed by atoms with van der Waals surface area (Å²) in [5.41, 5.74) is 2.39. The van der Waals surface area contributed by atoms with E-state index in [4.69, 9.17) is 0 Å². The summed E-state index contributed by atoms with van der Waals surface area (Å²) < 4.78 is 33.6. The van der Waals surface area contributed by atoms with Crippen molar-refractivity contribution in [1.29, 1.82) is 0 Å². The smallest absolute Gasteiger partial charge is 0.282 e. The molecule has 0 unspecified atom stereocenters. The second kappa shape index (κ2) is 21.3. The Morgan fingerprint density at radius 2 is 0.950 bits per heavy atom. The standard InChI is InChI=1S/C36H60O3S/c1-3-5-7-9-11-13-15-17-19-21-23-25-32-27-28-34-31-35(40(37,38)39)30-33(36(34)29-32)26-24-22-20-18-16-14-12-10-8-6-4-2/h27-31H,3-26H2,1-2H3,(H,37,38,39). The fourth-order valence-corrected chi connectivity index (χ4v) is 6.50. The van der Waals surface area contributed by atoms with Gasteiger partial charge >= 0.3 is 0 Å². The molecular formula is C36H60O3S. The van der Waals surface area contributed by atoms with Crippen LogP contribution in [-0.2, 0) is 23.0 Å². The number of unbranched alkanes of at least 4 members (excludes halogenated alkanes) is 20. The molecule has 0 atom stereocenters. The zero-order chi connectivity index (χ0) is 28.9. The average Bonchev–Trinajstić information content (AvgIpc) is 2.94. The maximum Gasteiger partial charge on any atom is 0.294 e. The molecule has 0 aliphatic heterocycles. The monoisotopic (exact) mass is 572 g/mol. The summed E-state index contributed by atoms with van der Waals surface area (Å²) in [5.74, 6) is 0. The minimum Gasteiger partial charge on any atom is -0.282 e. The van der Waals surface area contributed by atoms with Crippen LogP contribution in [0.15, 0.2) is 35.2 Å². The number of fused-ring (bicyclic) bond motifs is 1. The third-order valence-corrected chi connectivity index (χ3v) is 9.33. The number of rotatable bonds is 25. The molecule has 2 rings (SSSR count). The van der Waals surface area contributed by atoms with Gasteiger partial charge in [-0.3, -0.25) is 4.55 Å². The third-order valence-electron chi connectivity index (χ3n) is 8.49. The molecule has 40 heavy (non-hydrogen) atoms. The normalized spacial score (nSPS) is 12.0. The maximum atomic E-state index is 11.9.